The largest absolute Gasteiger partial charge is 2.00 e. The summed E-state index contributed by atoms with van der Waals surface area (Å²) in [6, 6.07) is 0. The molecule has 0 rings (SSSR count). The monoisotopic (exact) mass is 163 g/mol. The molecule has 0 aliphatic rings. The molecule has 0 aliphatic heterocycles. The Bertz CT molecular complexity index is 23.2. The third kappa shape index (κ3) is 83.9. The molecule has 0 radical (unpaired) electrons. The molecule has 0 heterocycles. The molecule has 0 saturated heterocycles. The van der Waals surface area contributed by atoms with Crippen LogP contribution < -0.4 is 54.4 Å². The van der Waals surface area contributed by atoms with Crippen molar-refractivity contribution in [1.82, 2.24) is 0 Å². The number of hydrogen-bond acceptors (Lipinski definition) is 3. The van der Waals surface area contributed by atoms with Crippen LogP contribution in [0, 0.1) is 10.1 Å². The standard InChI is InChI=1S/2ClH.Mg.HNO2.Na/c;;;2-1-3;/h2*1H;;(H,2,3);/q;;+2;;+1/p-3. The van der Waals surface area contributed by atoms with Crippen molar-refractivity contribution < 1.29 is 54.4 Å². The van der Waals surface area contributed by atoms with Gasteiger partial charge < -0.3 is 34.9 Å². The van der Waals surface area contributed by atoms with Crippen LogP contribution in [0.4, 0.5) is 0 Å². The minimum Gasteiger partial charge on any atom is -1.00 e. The second-order valence-corrected chi connectivity index (χ2v) is 0.0745. The van der Waals surface area contributed by atoms with E-state index in [0.29, 0.717) is 0 Å². The minimum absolute atomic E-state index is 0. The predicted molar refractivity (Wildman–Crippen MR) is 14.9 cm³/mol. The molecule has 7 heteroatoms. The van der Waals surface area contributed by atoms with E-state index in [1.165, 1.54) is 0 Å². The molecular weight excluding hydrogens is 164 g/mol. The molecule has 7 heavy (non-hydrogen) atoms. The SMILES string of the molecule is O=N[O-].[Cl-].[Cl-].[Mg+2].[Na+]. The molecule has 3 nitrogen and oxygen atoms in total. The topological polar surface area (TPSA) is 52.5 Å². The predicted octanol–water partition coefficient (Wildman–Crippen LogP) is -9.12. The summed E-state index contributed by atoms with van der Waals surface area (Å²) in [5, 5.41) is 9.00. The van der Waals surface area contributed by atoms with E-state index in [0.717, 1.165) is 5.34 Å². The van der Waals surface area contributed by atoms with Crippen LogP contribution in [0.15, 0.2) is 5.34 Å². The summed E-state index contributed by atoms with van der Waals surface area (Å²) in [4.78, 5) is 8.00. The van der Waals surface area contributed by atoms with Gasteiger partial charge in [0.15, 0.2) is 0 Å². The summed E-state index contributed by atoms with van der Waals surface area (Å²) in [6.45, 7) is 0. The van der Waals surface area contributed by atoms with Crippen molar-refractivity contribution in [3.05, 3.63) is 10.1 Å². The molecule has 0 aromatic carbocycles. The fraction of sp³-hybridized carbons (Fsp3) is 0. The van der Waals surface area contributed by atoms with Crippen molar-refractivity contribution in [1.29, 1.82) is 0 Å². The van der Waals surface area contributed by atoms with Crippen LogP contribution in [0.1, 0.15) is 0 Å². The molecule has 0 aliphatic carbocycles. The van der Waals surface area contributed by atoms with Crippen LogP contribution in [-0.4, -0.2) is 23.1 Å². The molecular formula is Cl2MgNNaO2. The van der Waals surface area contributed by atoms with Crippen LogP contribution in [0.5, 0.6) is 0 Å². The summed E-state index contributed by atoms with van der Waals surface area (Å²) in [5.74, 6) is 0. The quantitative estimate of drug-likeness (QED) is 0.203. The fourth-order valence-electron chi connectivity index (χ4n) is 0. The van der Waals surface area contributed by atoms with E-state index >= 15 is 0 Å². The first-order valence-electron chi connectivity index (χ1n) is 0.365. The summed E-state index contributed by atoms with van der Waals surface area (Å²) < 4.78 is 0. The van der Waals surface area contributed by atoms with Gasteiger partial charge in [0, 0.05) is 0 Å². The average Bonchev–Trinajstić information content (AvgIpc) is 0.918. The maximum atomic E-state index is 8.00. The van der Waals surface area contributed by atoms with E-state index in [1.807, 2.05) is 0 Å². The maximum Gasteiger partial charge on any atom is 2.00 e. The van der Waals surface area contributed by atoms with Gasteiger partial charge in [0.05, 0.1) is 0 Å². The van der Waals surface area contributed by atoms with Gasteiger partial charge in [-0.2, -0.15) is 0 Å². The van der Waals surface area contributed by atoms with E-state index in [2.05, 4.69) is 0 Å². The summed E-state index contributed by atoms with van der Waals surface area (Å²) in [6.07, 6.45) is 0. The molecule has 0 bridgehead atoms. The Labute approximate surface area is 91.8 Å². The number of rotatable bonds is 0. The molecule has 0 N–H and O–H groups in total. The van der Waals surface area contributed by atoms with Gasteiger partial charge in [0.2, 0.25) is 0 Å². The molecule has 0 aromatic heterocycles. The van der Waals surface area contributed by atoms with E-state index in [1.54, 1.807) is 0 Å². The van der Waals surface area contributed by atoms with Crippen LogP contribution in [-0.2, 0) is 0 Å². The van der Waals surface area contributed by atoms with E-state index < -0.39 is 0 Å². The molecule has 0 saturated carbocycles. The van der Waals surface area contributed by atoms with Gasteiger partial charge in [0.1, 0.15) is 0 Å². The Morgan fingerprint density at radius 3 is 1.29 bits per heavy atom. The second-order valence-electron chi connectivity index (χ2n) is 0.0745. The molecule has 0 atom stereocenters. The van der Waals surface area contributed by atoms with Crippen molar-refractivity contribution in [2.45, 2.75) is 0 Å². The summed E-state index contributed by atoms with van der Waals surface area (Å²) in [7, 11) is 0. The third-order valence-corrected chi connectivity index (χ3v) is 0. The van der Waals surface area contributed by atoms with Crippen molar-refractivity contribution in [2.75, 3.05) is 0 Å². The summed E-state index contributed by atoms with van der Waals surface area (Å²) in [5.41, 5.74) is 0. The van der Waals surface area contributed by atoms with Gasteiger partial charge >= 0.3 is 52.6 Å². The fourth-order valence-corrected chi connectivity index (χ4v) is 0. The Kier molecular flexibility index (Phi) is 250. The zero-order chi connectivity index (χ0) is 2.71. The van der Waals surface area contributed by atoms with Gasteiger partial charge in [-0.15, -0.1) is 5.34 Å². The Morgan fingerprint density at radius 2 is 1.29 bits per heavy atom. The molecule has 34 valence electrons. The third-order valence-electron chi connectivity index (χ3n) is 0. The van der Waals surface area contributed by atoms with Gasteiger partial charge in [-0.25, -0.2) is 0 Å². The Hall–Kier alpha value is 1.75. The normalized spacial score (nSPS) is 1.71. The van der Waals surface area contributed by atoms with E-state index in [-0.39, 0.29) is 77.4 Å². The molecule has 0 fully saturated rings. The first-order valence-corrected chi connectivity index (χ1v) is 0.365. The van der Waals surface area contributed by atoms with Crippen LogP contribution in [0.3, 0.4) is 0 Å². The molecule has 0 unspecified atom stereocenters. The van der Waals surface area contributed by atoms with Crippen LogP contribution in [0.2, 0.25) is 0 Å². The second kappa shape index (κ2) is 46.7. The Balaban J connectivity index is -0.00000000333. The molecule has 0 spiro atoms. The van der Waals surface area contributed by atoms with Crippen molar-refractivity contribution in [3.8, 4) is 0 Å². The average molecular weight is 164 g/mol. The molecule has 0 aromatic rings. The van der Waals surface area contributed by atoms with Crippen LogP contribution >= 0.6 is 0 Å². The van der Waals surface area contributed by atoms with E-state index in [4.69, 9.17) is 10.1 Å². The minimum atomic E-state index is 0. The van der Waals surface area contributed by atoms with Gasteiger partial charge in [0.25, 0.3) is 0 Å². The summed E-state index contributed by atoms with van der Waals surface area (Å²) >= 11 is 0. The van der Waals surface area contributed by atoms with E-state index in [9.17, 15) is 0 Å². The van der Waals surface area contributed by atoms with Crippen LogP contribution in [0.25, 0.3) is 0 Å². The molecule has 0 amide bonds. The first kappa shape index (κ1) is 37.4. The number of halogens is 2. The van der Waals surface area contributed by atoms with Gasteiger partial charge in [-0.05, 0) is 0 Å². The zero-order valence-corrected chi connectivity index (χ0v) is 8.65. The maximum absolute atomic E-state index is 8.00. The van der Waals surface area contributed by atoms with Crippen molar-refractivity contribution >= 4 is 23.1 Å². The smallest absolute Gasteiger partial charge is 1.00 e. The number of nitrogens with zero attached hydrogens (tertiary/aromatic N) is 1. The Morgan fingerprint density at radius 1 is 1.29 bits per heavy atom. The van der Waals surface area contributed by atoms with Gasteiger partial charge in [-0.1, -0.05) is 0 Å². The van der Waals surface area contributed by atoms with Gasteiger partial charge in [-0.3, -0.25) is 0 Å². The number of hydrogen-bond donors (Lipinski definition) is 0. The van der Waals surface area contributed by atoms with Crippen molar-refractivity contribution in [2.24, 2.45) is 5.34 Å². The zero-order valence-electron chi connectivity index (χ0n) is 3.73. The van der Waals surface area contributed by atoms with Crippen molar-refractivity contribution in [3.63, 3.8) is 0 Å². The first-order chi connectivity index (χ1) is 1.41.